The molecule has 3 nitrogen and oxygen atoms in total. The van der Waals surface area contributed by atoms with Gasteiger partial charge in [-0.15, -0.1) is 11.3 Å². The van der Waals surface area contributed by atoms with Gasteiger partial charge in [-0.3, -0.25) is 4.79 Å². The van der Waals surface area contributed by atoms with Crippen molar-refractivity contribution >= 4 is 17.2 Å². The zero-order chi connectivity index (χ0) is 9.54. The van der Waals surface area contributed by atoms with Crippen LogP contribution in [-0.2, 0) is 0 Å². The highest BCUT2D eigenvalue weighted by Gasteiger charge is 2.34. The van der Waals surface area contributed by atoms with Gasteiger partial charge in [-0.05, 0) is 24.3 Å². The molecule has 0 N–H and O–H groups in total. The Morgan fingerprint density at radius 2 is 2.50 bits per heavy atom. The molecule has 0 spiro atoms. The monoisotopic (exact) mass is 209 g/mol. The van der Waals surface area contributed by atoms with Crippen molar-refractivity contribution in [1.29, 1.82) is 0 Å². The molecule has 3 rings (SSSR count). The quantitative estimate of drug-likeness (QED) is 0.651. The molecule has 1 amide bonds. The van der Waals surface area contributed by atoms with Gasteiger partial charge in [0, 0.05) is 6.54 Å². The van der Waals surface area contributed by atoms with E-state index in [9.17, 15) is 4.79 Å². The van der Waals surface area contributed by atoms with E-state index >= 15 is 0 Å². The standard InChI is InChI=1S/C10H11NO2S/c12-10-9-8(3-5-14-9)13-6-7-2-1-4-11(7)10/h3,5,7H,1-2,4,6H2/t7-/m0/s1. The van der Waals surface area contributed by atoms with E-state index in [1.807, 2.05) is 16.3 Å². The Morgan fingerprint density at radius 3 is 3.43 bits per heavy atom. The first-order valence-electron chi connectivity index (χ1n) is 4.87. The average Bonchev–Trinajstić information content (AvgIpc) is 2.81. The molecular formula is C10H11NO2S. The van der Waals surface area contributed by atoms with Crippen molar-refractivity contribution in [2.75, 3.05) is 13.2 Å². The molecule has 0 aliphatic carbocycles. The minimum absolute atomic E-state index is 0.162. The predicted molar refractivity (Wildman–Crippen MR) is 53.9 cm³/mol. The Hall–Kier alpha value is -1.03. The van der Waals surface area contributed by atoms with Crippen molar-refractivity contribution in [3.05, 3.63) is 16.3 Å². The summed E-state index contributed by atoms with van der Waals surface area (Å²) in [5.74, 6) is 0.935. The van der Waals surface area contributed by atoms with Crippen LogP contribution in [0, 0.1) is 0 Å². The van der Waals surface area contributed by atoms with Crippen molar-refractivity contribution in [2.24, 2.45) is 0 Å². The van der Waals surface area contributed by atoms with Crippen LogP contribution < -0.4 is 4.74 Å². The number of rotatable bonds is 0. The fraction of sp³-hybridized carbons (Fsp3) is 0.500. The van der Waals surface area contributed by atoms with Gasteiger partial charge in [0.05, 0.1) is 6.04 Å². The number of hydrogen-bond acceptors (Lipinski definition) is 3. The molecule has 2 aliphatic heterocycles. The number of hydrogen-bond donors (Lipinski definition) is 0. The molecular weight excluding hydrogens is 198 g/mol. The van der Waals surface area contributed by atoms with Crippen LogP contribution in [0.4, 0.5) is 0 Å². The van der Waals surface area contributed by atoms with Crippen LogP contribution in [-0.4, -0.2) is 30.0 Å². The molecule has 1 aromatic heterocycles. The zero-order valence-corrected chi connectivity index (χ0v) is 8.55. The van der Waals surface area contributed by atoms with E-state index in [1.165, 1.54) is 11.3 Å². The third kappa shape index (κ3) is 1.07. The topological polar surface area (TPSA) is 29.5 Å². The number of carbonyl (C=O) groups excluding carboxylic acids is 1. The van der Waals surface area contributed by atoms with Crippen molar-refractivity contribution in [1.82, 2.24) is 4.90 Å². The smallest absolute Gasteiger partial charge is 0.268 e. The molecule has 14 heavy (non-hydrogen) atoms. The van der Waals surface area contributed by atoms with Crippen LogP contribution in [0.1, 0.15) is 22.5 Å². The summed E-state index contributed by atoms with van der Waals surface area (Å²) >= 11 is 1.48. The van der Waals surface area contributed by atoms with Crippen molar-refractivity contribution in [3.63, 3.8) is 0 Å². The average molecular weight is 209 g/mol. The predicted octanol–water partition coefficient (Wildman–Crippen LogP) is 1.75. The molecule has 4 heteroatoms. The SMILES string of the molecule is O=C1c2sccc2OC[C@@H]2CCCN12. The minimum atomic E-state index is 0.162. The maximum absolute atomic E-state index is 12.0. The Bertz CT molecular complexity index is 374. The molecule has 0 bridgehead atoms. The number of fused-ring (bicyclic) bond motifs is 2. The molecule has 0 saturated carbocycles. The first kappa shape index (κ1) is 8.29. The van der Waals surface area contributed by atoms with Gasteiger partial charge in [0.2, 0.25) is 0 Å². The summed E-state index contributed by atoms with van der Waals surface area (Å²) in [7, 11) is 0. The van der Waals surface area contributed by atoms with Gasteiger partial charge in [-0.2, -0.15) is 0 Å². The van der Waals surface area contributed by atoms with E-state index in [0.717, 1.165) is 30.0 Å². The molecule has 1 aromatic rings. The van der Waals surface area contributed by atoms with Gasteiger partial charge in [-0.25, -0.2) is 0 Å². The largest absolute Gasteiger partial charge is 0.490 e. The Balaban J connectivity index is 2.02. The highest BCUT2D eigenvalue weighted by atomic mass is 32.1. The van der Waals surface area contributed by atoms with Crippen LogP contribution in [0.5, 0.6) is 5.75 Å². The van der Waals surface area contributed by atoms with E-state index in [2.05, 4.69) is 0 Å². The third-order valence-electron chi connectivity index (χ3n) is 2.89. The molecule has 0 aromatic carbocycles. The van der Waals surface area contributed by atoms with E-state index in [0.29, 0.717) is 12.6 Å². The van der Waals surface area contributed by atoms with Crippen molar-refractivity contribution < 1.29 is 9.53 Å². The lowest BCUT2D eigenvalue weighted by Crippen LogP contribution is -2.36. The Morgan fingerprint density at radius 1 is 1.57 bits per heavy atom. The van der Waals surface area contributed by atoms with Gasteiger partial charge in [0.15, 0.2) is 0 Å². The highest BCUT2D eigenvalue weighted by Crippen LogP contribution is 2.32. The number of carbonyl (C=O) groups is 1. The fourth-order valence-electron chi connectivity index (χ4n) is 2.16. The normalized spacial score (nSPS) is 25.3. The number of ether oxygens (including phenoxy) is 1. The second kappa shape index (κ2) is 2.98. The molecule has 1 saturated heterocycles. The summed E-state index contributed by atoms with van der Waals surface area (Å²) in [4.78, 5) is 14.8. The van der Waals surface area contributed by atoms with Crippen LogP contribution in [0.25, 0.3) is 0 Å². The lowest BCUT2D eigenvalue weighted by atomic mass is 10.2. The van der Waals surface area contributed by atoms with Gasteiger partial charge in [0.1, 0.15) is 17.2 Å². The Labute approximate surface area is 86.3 Å². The second-order valence-electron chi connectivity index (χ2n) is 3.72. The molecule has 1 fully saturated rings. The molecule has 0 unspecified atom stereocenters. The van der Waals surface area contributed by atoms with Gasteiger partial charge < -0.3 is 9.64 Å². The summed E-state index contributed by atoms with van der Waals surface area (Å²) in [6, 6.07) is 2.20. The van der Waals surface area contributed by atoms with Crippen LogP contribution in [0.2, 0.25) is 0 Å². The number of thiophene rings is 1. The maximum atomic E-state index is 12.0. The van der Waals surface area contributed by atoms with E-state index < -0.39 is 0 Å². The number of amides is 1. The maximum Gasteiger partial charge on any atom is 0.268 e. The first-order chi connectivity index (χ1) is 6.86. The minimum Gasteiger partial charge on any atom is -0.490 e. The number of nitrogens with zero attached hydrogens (tertiary/aromatic N) is 1. The third-order valence-corrected chi connectivity index (χ3v) is 3.78. The fourth-order valence-corrected chi connectivity index (χ4v) is 2.95. The summed E-state index contributed by atoms with van der Waals surface area (Å²) < 4.78 is 5.62. The summed E-state index contributed by atoms with van der Waals surface area (Å²) in [5, 5.41) is 1.92. The van der Waals surface area contributed by atoms with Gasteiger partial charge in [0.25, 0.3) is 5.91 Å². The molecule has 2 aliphatic rings. The highest BCUT2D eigenvalue weighted by molar-refractivity contribution is 7.12. The molecule has 74 valence electrons. The van der Waals surface area contributed by atoms with Crippen LogP contribution >= 0.6 is 11.3 Å². The lowest BCUT2D eigenvalue weighted by Gasteiger charge is -2.20. The van der Waals surface area contributed by atoms with E-state index in [4.69, 9.17) is 4.74 Å². The van der Waals surface area contributed by atoms with Crippen molar-refractivity contribution in [2.45, 2.75) is 18.9 Å². The molecule has 3 heterocycles. The summed E-state index contributed by atoms with van der Waals surface area (Å²) in [5.41, 5.74) is 0. The molecule has 1 atom stereocenters. The Kier molecular flexibility index (Phi) is 1.77. The lowest BCUT2D eigenvalue weighted by molar-refractivity contribution is 0.0730. The van der Waals surface area contributed by atoms with Gasteiger partial charge in [-0.1, -0.05) is 0 Å². The zero-order valence-electron chi connectivity index (χ0n) is 7.73. The van der Waals surface area contributed by atoms with E-state index in [-0.39, 0.29) is 5.91 Å². The van der Waals surface area contributed by atoms with Crippen LogP contribution in [0.3, 0.4) is 0 Å². The molecule has 0 radical (unpaired) electrons. The first-order valence-corrected chi connectivity index (χ1v) is 5.75. The van der Waals surface area contributed by atoms with Crippen LogP contribution in [0.15, 0.2) is 11.4 Å². The summed E-state index contributed by atoms with van der Waals surface area (Å²) in [6.07, 6.45) is 2.20. The second-order valence-corrected chi connectivity index (χ2v) is 4.64. The van der Waals surface area contributed by atoms with E-state index in [1.54, 1.807) is 0 Å². The van der Waals surface area contributed by atoms with Crippen molar-refractivity contribution in [3.8, 4) is 5.75 Å². The van der Waals surface area contributed by atoms with Gasteiger partial charge >= 0.3 is 0 Å². The summed E-state index contributed by atoms with van der Waals surface area (Å²) in [6.45, 7) is 1.56.